The van der Waals surface area contributed by atoms with Gasteiger partial charge in [0.2, 0.25) is 5.88 Å². The number of nitrogens with one attached hydrogen (secondary N) is 3. The van der Waals surface area contributed by atoms with E-state index in [2.05, 4.69) is 15.1 Å². The molecule has 0 aliphatic carbocycles. The summed E-state index contributed by atoms with van der Waals surface area (Å²) >= 11 is 0. The minimum absolute atomic E-state index is 0.0236. The SMILES string of the molecule is CO[C@@H]1COc2c([S@](=N)(=O)NC(=O)Nc3c(C(C)C)cc(F)cc3C(C)C)cnn2C1. The Morgan fingerprint density at radius 3 is 2.48 bits per heavy atom. The summed E-state index contributed by atoms with van der Waals surface area (Å²) in [4.78, 5) is 12.7. The van der Waals surface area contributed by atoms with E-state index in [-0.39, 0.29) is 41.1 Å². The Hall–Kier alpha value is -2.66. The van der Waals surface area contributed by atoms with Crippen LogP contribution < -0.4 is 14.8 Å². The van der Waals surface area contributed by atoms with Gasteiger partial charge in [0.15, 0.2) is 9.92 Å². The van der Waals surface area contributed by atoms with Gasteiger partial charge >= 0.3 is 6.03 Å². The van der Waals surface area contributed by atoms with Gasteiger partial charge in [-0.15, -0.1) is 0 Å². The first-order valence-electron chi connectivity index (χ1n) is 9.95. The van der Waals surface area contributed by atoms with E-state index in [0.29, 0.717) is 23.4 Å². The summed E-state index contributed by atoms with van der Waals surface area (Å²) in [6.45, 7) is 8.16. The highest BCUT2D eigenvalue weighted by molar-refractivity contribution is 7.91. The van der Waals surface area contributed by atoms with Crippen LogP contribution in [0.1, 0.15) is 50.7 Å². The van der Waals surface area contributed by atoms with Crippen molar-refractivity contribution in [2.45, 2.75) is 57.1 Å². The third-order valence-electron chi connectivity index (χ3n) is 5.07. The molecule has 0 saturated heterocycles. The van der Waals surface area contributed by atoms with Crippen LogP contribution in [-0.2, 0) is 21.2 Å². The number of hydrogen-bond acceptors (Lipinski definition) is 6. The van der Waals surface area contributed by atoms with Crippen molar-refractivity contribution in [1.82, 2.24) is 14.5 Å². The van der Waals surface area contributed by atoms with Crippen molar-refractivity contribution in [3.05, 3.63) is 35.3 Å². The number of hydrogen-bond donors (Lipinski definition) is 3. The largest absolute Gasteiger partial charge is 0.474 e. The van der Waals surface area contributed by atoms with E-state index in [1.54, 1.807) is 7.11 Å². The normalized spacial score (nSPS) is 17.7. The molecule has 9 nitrogen and oxygen atoms in total. The highest BCUT2D eigenvalue weighted by atomic mass is 32.2. The highest BCUT2D eigenvalue weighted by Gasteiger charge is 2.29. The van der Waals surface area contributed by atoms with Gasteiger partial charge in [0, 0.05) is 12.8 Å². The number of aromatic nitrogens is 2. The van der Waals surface area contributed by atoms with E-state index in [9.17, 15) is 13.4 Å². The maximum atomic E-state index is 14.1. The maximum absolute atomic E-state index is 14.1. The second-order valence-corrected chi connectivity index (χ2v) is 9.80. The van der Waals surface area contributed by atoms with Crippen LogP contribution in [0.2, 0.25) is 0 Å². The van der Waals surface area contributed by atoms with Crippen molar-refractivity contribution in [3.8, 4) is 5.88 Å². The summed E-state index contributed by atoms with van der Waals surface area (Å²) < 4.78 is 49.9. The number of urea groups is 1. The van der Waals surface area contributed by atoms with Crippen LogP contribution >= 0.6 is 0 Å². The molecule has 1 aromatic carbocycles. The molecule has 1 aromatic heterocycles. The minimum atomic E-state index is -3.76. The second-order valence-electron chi connectivity index (χ2n) is 8.05. The number of benzene rings is 1. The molecule has 0 spiro atoms. The first kappa shape index (κ1) is 23.0. The quantitative estimate of drug-likeness (QED) is 0.614. The molecule has 170 valence electrons. The number of halogens is 1. The molecule has 1 aliphatic heterocycles. The summed E-state index contributed by atoms with van der Waals surface area (Å²) in [5.41, 5.74) is 1.69. The van der Waals surface area contributed by atoms with Gasteiger partial charge in [0.25, 0.3) is 0 Å². The number of nitrogens with zero attached hydrogens (tertiary/aromatic N) is 2. The highest BCUT2D eigenvalue weighted by Crippen LogP contribution is 2.34. The van der Waals surface area contributed by atoms with Gasteiger partial charge < -0.3 is 14.8 Å². The van der Waals surface area contributed by atoms with Gasteiger partial charge in [0.05, 0.1) is 12.7 Å². The number of carbonyl (C=O) groups is 1. The third kappa shape index (κ3) is 4.82. The predicted molar refractivity (Wildman–Crippen MR) is 114 cm³/mol. The van der Waals surface area contributed by atoms with Crippen LogP contribution in [-0.4, -0.2) is 39.8 Å². The Morgan fingerprint density at radius 2 is 1.94 bits per heavy atom. The van der Waals surface area contributed by atoms with Gasteiger partial charge in [-0.25, -0.2) is 27.6 Å². The molecular formula is C20H28FN5O4S. The summed E-state index contributed by atoms with van der Waals surface area (Å²) in [6.07, 6.45) is 1.04. The fourth-order valence-electron chi connectivity index (χ4n) is 3.42. The van der Waals surface area contributed by atoms with Gasteiger partial charge in [-0.2, -0.15) is 5.10 Å². The summed E-state index contributed by atoms with van der Waals surface area (Å²) in [5.74, 6) is -0.343. The van der Waals surface area contributed by atoms with Gasteiger partial charge in [-0.1, -0.05) is 27.7 Å². The standard InChI is InChI=1S/C20H28FN5O4S/c1-11(2)15-6-13(21)7-16(12(3)4)18(15)24-20(27)25-31(22,28)17-8-23-26-9-14(29-5)10-30-19(17)26/h6-8,11-12,14H,9-10H2,1-5H3,(H3,22,24,25,27,28)/t14-,31+/m0/s1. The molecule has 2 heterocycles. The maximum Gasteiger partial charge on any atom is 0.331 e. The molecule has 0 unspecified atom stereocenters. The zero-order valence-electron chi connectivity index (χ0n) is 18.2. The van der Waals surface area contributed by atoms with E-state index in [0.717, 1.165) is 0 Å². The van der Waals surface area contributed by atoms with Crippen LogP contribution in [0.25, 0.3) is 0 Å². The number of anilines is 1. The number of fused-ring (bicyclic) bond motifs is 1. The zero-order valence-corrected chi connectivity index (χ0v) is 19.0. The van der Waals surface area contributed by atoms with Crippen molar-refractivity contribution >= 4 is 21.6 Å². The smallest absolute Gasteiger partial charge is 0.331 e. The zero-order chi connectivity index (χ0) is 22.9. The number of amides is 2. The van der Waals surface area contributed by atoms with Crippen molar-refractivity contribution in [2.24, 2.45) is 0 Å². The lowest BCUT2D eigenvalue weighted by Gasteiger charge is -2.24. The van der Waals surface area contributed by atoms with Crippen molar-refractivity contribution in [2.75, 3.05) is 19.0 Å². The Bertz CT molecular complexity index is 1050. The summed E-state index contributed by atoms with van der Waals surface area (Å²) in [5, 5.41) is 6.78. The number of methoxy groups -OCH3 is 1. The third-order valence-corrected chi connectivity index (χ3v) is 6.44. The molecule has 3 rings (SSSR count). The van der Waals surface area contributed by atoms with Crippen molar-refractivity contribution in [3.63, 3.8) is 0 Å². The average molecular weight is 454 g/mol. The number of carbonyl (C=O) groups excluding carboxylic acids is 1. The second kappa shape index (κ2) is 8.83. The van der Waals surface area contributed by atoms with Crippen molar-refractivity contribution in [1.29, 1.82) is 4.78 Å². The van der Waals surface area contributed by atoms with Gasteiger partial charge in [0.1, 0.15) is 23.4 Å². The molecule has 0 fully saturated rings. The molecule has 2 atom stereocenters. The molecule has 0 radical (unpaired) electrons. The summed E-state index contributed by atoms with van der Waals surface area (Å²) in [6, 6.07) is 1.91. The molecule has 1 aliphatic rings. The average Bonchev–Trinajstić information content (AvgIpc) is 3.12. The molecule has 3 N–H and O–H groups in total. The molecule has 0 saturated carbocycles. The van der Waals surface area contributed by atoms with E-state index in [4.69, 9.17) is 14.3 Å². The van der Waals surface area contributed by atoms with Gasteiger partial charge in [-0.05, 0) is 35.1 Å². The minimum Gasteiger partial charge on any atom is -0.474 e. The topological polar surface area (TPSA) is 118 Å². The van der Waals surface area contributed by atoms with Gasteiger partial charge in [-0.3, -0.25) is 0 Å². The van der Waals surface area contributed by atoms with E-state index in [1.807, 2.05) is 27.7 Å². The summed E-state index contributed by atoms with van der Waals surface area (Å²) in [7, 11) is -2.21. The van der Waals surface area contributed by atoms with Crippen LogP contribution in [0.3, 0.4) is 0 Å². The monoisotopic (exact) mass is 453 g/mol. The lowest BCUT2D eigenvalue weighted by atomic mass is 9.92. The fraction of sp³-hybridized carbons (Fsp3) is 0.500. The number of ether oxygens (including phenoxy) is 2. The Kier molecular flexibility index (Phi) is 6.56. The Morgan fingerprint density at radius 1 is 1.32 bits per heavy atom. The Balaban J connectivity index is 1.86. The van der Waals surface area contributed by atoms with E-state index >= 15 is 0 Å². The first-order valence-corrected chi connectivity index (χ1v) is 11.5. The molecule has 31 heavy (non-hydrogen) atoms. The predicted octanol–water partition coefficient (Wildman–Crippen LogP) is 3.82. The van der Waals surface area contributed by atoms with E-state index < -0.39 is 15.9 Å². The lowest BCUT2D eigenvalue weighted by Crippen LogP contribution is -2.35. The van der Waals surface area contributed by atoms with Crippen LogP contribution in [0.5, 0.6) is 5.88 Å². The Labute approximate surface area is 181 Å². The van der Waals surface area contributed by atoms with Crippen LogP contribution in [0.15, 0.2) is 23.2 Å². The molecule has 11 heteroatoms. The molecule has 0 bridgehead atoms. The molecular weight excluding hydrogens is 425 g/mol. The molecule has 2 amide bonds. The van der Waals surface area contributed by atoms with Crippen molar-refractivity contribution < 1.29 is 22.9 Å². The first-order chi connectivity index (χ1) is 14.5. The lowest BCUT2D eigenvalue weighted by molar-refractivity contribution is 0.0165. The van der Waals surface area contributed by atoms with E-state index in [1.165, 1.54) is 23.0 Å². The van der Waals surface area contributed by atoms with Crippen LogP contribution in [0, 0.1) is 10.6 Å². The van der Waals surface area contributed by atoms with Crippen LogP contribution in [0.4, 0.5) is 14.9 Å². The fourth-order valence-corrected chi connectivity index (χ4v) is 4.45. The molecule has 2 aromatic rings. The number of rotatable bonds is 6.